The quantitative estimate of drug-likeness (QED) is 0.526. The summed E-state index contributed by atoms with van der Waals surface area (Å²) in [5.74, 6) is 0. The van der Waals surface area contributed by atoms with Crippen LogP contribution in [-0.2, 0) is 15.4 Å². The Kier molecular flexibility index (Phi) is 2.12. The van der Waals surface area contributed by atoms with Gasteiger partial charge in [0.1, 0.15) is 0 Å². The van der Waals surface area contributed by atoms with Gasteiger partial charge < -0.3 is 0 Å². The van der Waals surface area contributed by atoms with Gasteiger partial charge in [0.05, 0.1) is 6.61 Å². The summed E-state index contributed by atoms with van der Waals surface area (Å²) in [6.45, 7) is 7.44. The van der Waals surface area contributed by atoms with Crippen molar-refractivity contribution in [1.29, 1.82) is 0 Å². The summed E-state index contributed by atoms with van der Waals surface area (Å²) in [5.41, 5.74) is -0.0403. The molecule has 0 saturated carbocycles. The molecule has 1 saturated heterocycles. The van der Waals surface area contributed by atoms with Crippen LogP contribution in [0.2, 0.25) is 0 Å². The Bertz CT molecular complexity index is 152. The lowest BCUT2D eigenvalue weighted by molar-refractivity contribution is 0.280. The van der Waals surface area contributed by atoms with Crippen molar-refractivity contribution in [2.45, 2.75) is 26.3 Å². The zero-order valence-corrected chi connectivity index (χ0v) is 7.40. The Morgan fingerprint density at radius 2 is 2.10 bits per heavy atom. The van der Waals surface area contributed by atoms with E-state index in [2.05, 4.69) is 0 Å². The first kappa shape index (κ1) is 8.17. The third-order valence-electron chi connectivity index (χ3n) is 1.41. The van der Waals surface area contributed by atoms with E-state index < -0.39 is 11.3 Å². The summed E-state index contributed by atoms with van der Waals surface area (Å²) in [5, 5.41) is 0. The lowest BCUT2D eigenvalue weighted by Gasteiger charge is -2.27. The summed E-state index contributed by atoms with van der Waals surface area (Å²) in [7, 11) is 0. The maximum absolute atomic E-state index is 11.0. The smallest absolute Gasteiger partial charge is 0.237 e. The minimum absolute atomic E-state index is 0.0403. The third-order valence-corrected chi connectivity index (χ3v) is 2.87. The van der Waals surface area contributed by atoms with Crippen LogP contribution < -0.4 is 0 Å². The molecule has 1 rings (SSSR count). The van der Waals surface area contributed by atoms with Gasteiger partial charge in [0.2, 0.25) is 11.3 Å². The first-order valence-corrected chi connectivity index (χ1v) is 4.38. The van der Waals surface area contributed by atoms with E-state index >= 15 is 0 Å². The van der Waals surface area contributed by atoms with Crippen molar-refractivity contribution in [1.82, 2.24) is 4.31 Å². The van der Waals surface area contributed by atoms with Gasteiger partial charge in [-0.15, -0.1) is 0 Å². The lowest BCUT2D eigenvalue weighted by Crippen LogP contribution is -2.39. The average Bonchev–Trinajstić information content (AvgIpc) is 2.11. The monoisotopic (exact) mass is 163 g/mol. The normalized spacial score (nSPS) is 29.3. The van der Waals surface area contributed by atoms with Crippen LogP contribution in [0.5, 0.6) is 0 Å². The topological polar surface area (TPSA) is 29.5 Å². The second-order valence-corrected chi connectivity index (χ2v) is 4.42. The van der Waals surface area contributed by atoms with E-state index in [4.69, 9.17) is 4.18 Å². The van der Waals surface area contributed by atoms with Gasteiger partial charge in [0.25, 0.3) is 0 Å². The number of rotatable bonds is 0. The molecule has 4 heteroatoms. The maximum Gasteiger partial charge on any atom is 0.237 e. The predicted octanol–water partition coefficient (Wildman–Crippen LogP) is 0.696. The Labute approximate surface area is 64.2 Å². The summed E-state index contributed by atoms with van der Waals surface area (Å²) in [4.78, 5) is 0. The van der Waals surface area contributed by atoms with Gasteiger partial charge >= 0.3 is 0 Å². The Morgan fingerprint density at radius 3 is 2.30 bits per heavy atom. The number of hydrogen-bond acceptors (Lipinski definition) is 2. The van der Waals surface area contributed by atoms with E-state index in [0.717, 1.165) is 6.54 Å². The molecule has 0 amide bonds. The molecule has 0 aromatic rings. The second kappa shape index (κ2) is 2.60. The number of hydrogen-bond donors (Lipinski definition) is 0. The number of nitrogens with zero attached hydrogens (tertiary/aromatic N) is 1. The van der Waals surface area contributed by atoms with Gasteiger partial charge in [0.15, 0.2) is 0 Å². The minimum atomic E-state index is -1.20. The molecular weight excluding hydrogens is 150 g/mol. The molecule has 10 heavy (non-hydrogen) atoms. The van der Waals surface area contributed by atoms with Crippen LogP contribution >= 0.6 is 0 Å². The highest BCUT2D eigenvalue weighted by molar-refractivity contribution is 7.78. The van der Waals surface area contributed by atoms with E-state index in [1.165, 1.54) is 0 Å². The molecule has 0 radical (unpaired) electrons. The third kappa shape index (κ3) is 1.56. The van der Waals surface area contributed by atoms with Gasteiger partial charge in [-0.1, -0.05) is 0 Å². The Morgan fingerprint density at radius 1 is 1.50 bits per heavy atom. The largest absolute Gasteiger partial charge is 0.277 e. The van der Waals surface area contributed by atoms with E-state index in [1.54, 1.807) is 0 Å². The van der Waals surface area contributed by atoms with Crippen LogP contribution in [0.25, 0.3) is 0 Å². The Balaban J connectivity index is 2.64. The molecule has 3 nitrogen and oxygen atoms in total. The fraction of sp³-hybridized carbons (Fsp3) is 1.00. The van der Waals surface area contributed by atoms with E-state index in [-0.39, 0.29) is 5.54 Å². The average molecular weight is 163 g/mol. The molecule has 0 aliphatic carbocycles. The van der Waals surface area contributed by atoms with E-state index in [1.807, 2.05) is 25.1 Å². The van der Waals surface area contributed by atoms with Gasteiger partial charge in [-0.2, -0.15) is 4.31 Å². The fourth-order valence-corrected chi connectivity index (χ4v) is 1.90. The predicted molar refractivity (Wildman–Crippen MR) is 40.6 cm³/mol. The molecule has 1 aliphatic rings. The lowest BCUT2D eigenvalue weighted by atomic mass is 10.1. The van der Waals surface area contributed by atoms with Crippen LogP contribution in [0, 0.1) is 0 Å². The van der Waals surface area contributed by atoms with Crippen molar-refractivity contribution in [2.24, 2.45) is 0 Å². The van der Waals surface area contributed by atoms with Crippen molar-refractivity contribution in [3.63, 3.8) is 0 Å². The SMILES string of the molecule is CC(C)(C)N1CCOS1=O. The first-order chi connectivity index (χ1) is 4.52. The molecule has 0 spiro atoms. The van der Waals surface area contributed by atoms with Crippen LogP contribution in [0.15, 0.2) is 0 Å². The highest BCUT2D eigenvalue weighted by Crippen LogP contribution is 2.19. The van der Waals surface area contributed by atoms with Crippen LogP contribution in [0.4, 0.5) is 0 Å². The molecule has 1 fully saturated rings. The van der Waals surface area contributed by atoms with Crippen molar-refractivity contribution in [3.05, 3.63) is 0 Å². The van der Waals surface area contributed by atoms with Crippen molar-refractivity contribution >= 4 is 11.3 Å². The van der Waals surface area contributed by atoms with Crippen molar-refractivity contribution in [3.8, 4) is 0 Å². The summed E-state index contributed by atoms with van der Waals surface area (Å²) >= 11 is -1.20. The zero-order valence-electron chi connectivity index (χ0n) is 6.59. The van der Waals surface area contributed by atoms with Gasteiger partial charge in [-0.3, -0.25) is 4.18 Å². The highest BCUT2D eigenvalue weighted by atomic mass is 32.2. The maximum atomic E-state index is 11.0. The molecule has 0 aromatic carbocycles. The summed E-state index contributed by atoms with van der Waals surface area (Å²) in [6, 6.07) is 0. The molecule has 1 atom stereocenters. The van der Waals surface area contributed by atoms with Gasteiger partial charge in [-0.25, -0.2) is 4.21 Å². The second-order valence-electron chi connectivity index (χ2n) is 3.31. The zero-order chi connectivity index (χ0) is 7.78. The molecule has 0 N–H and O–H groups in total. The fourth-order valence-electron chi connectivity index (χ4n) is 0.889. The first-order valence-electron chi connectivity index (χ1n) is 3.34. The van der Waals surface area contributed by atoms with E-state index in [9.17, 15) is 4.21 Å². The molecule has 1 heterocycles. The summed E-state index contributed by atoms with van der Waals surface area (Å²) < 4.78 is 17.8. The standard InChI is InChI=1S/C6H13NO2S/c1-6(2,3)7-4-5-9-10(7)8/h4-5H2,1-3H3. The minimum Gasteiger partial charge on any atom is -0.277 e. The highest BCUT2D eigenvalue weighted by Gasteiger charge is 2.31. The molecular formula is C6H13NO2S. The van der Waals surface area contributed by atoms with Crippen LogP contribution in [0.3, 0.4) is 0 Å². The Hall–Kier alpha value is 0.0700. The van der Waals surface area contributed by atoms with Gasteiger partial charge in [0, 0.05) is 12.1 Å². The molecule has 60 valence electrons. The molecule has 1 unspecified atom stereocenters. The van der Waals surface area contributed by atoms with Gasteiger partial charge in [-0.05, 0) is 20.8 Å². The molecule has 0 aromatic heterocycles. The molecule has 0 bridgehead atoms. The van der Waals surface area contributed by atoms with Crippen LogP contribution in [-0.4, -0.2) is 27.2 Å². The molecule has 1 aliphatic heterocycles. The van der Waals surface area contributed by atoms with E-state index in [0.29, 0.717) is 6.61 Å². The van der Waals surface area contributed by atoms with Crippen LogP contribution in [0.1, 0.15) is 20.8 Å². The summed E-state index contributed by atoms with van der Waals surface area (Å²) in [6.07, 6.45) is 0. The van der Waals surface area contributed by atoms with Crippen molar-refractivity contribution in [2.75, 3.05) is 13.2 Å². The van der Waals surface area contributed by atoms with Crippen molar-refractivity contribution < 1.29 is 8.39 Å².